The fourth-order valence-electron chi connectivity index (χ4n) is 3.56. The van der Waals surface area contributed by atoms with E-state index in [4.69, 9.17) is 4.98 Å². The molecule has 0 amide bonds. The molecule has 0 aliphatic carbocycles. The van der Waals surface area contributed by atoms with E-state index in [9.17, 15) is 0 Å². The molecule has 2 heterocycles. The van der Waals surface area contributed by atoms with Gasteiger partial charge in [-0.05, 0) is 37.4 Å². The molecule has 0 radical (unpaired) electrons. The number of imidazole rings is 1. The Morgan fingerprint density at radius 3 is 2.15 bits per heavy atom. The molecule has 1 aliphatic rings. The second-order valence-electron chi connectivity index (χ2n) is 6.57. The van der Waals surface area contributed by atoms with Crippen molar-refractivity contribution in [2.75, 3.05) is 13.1 Å². The molecule has 3 aromatic rings. The number of H-pyrrole nitrogens is 1. The first-order chi connectivity index (χ1) is 11.9. The Labute approximate surface area is 167 Å². The highest BCUT2D eigenvalue weighted by atomic mass is 35.5. The average Bonchev–Trinajstić information content (AvgIpc) is 3.12. The fourth-order valence-corrected chi connectivity index (χ4v) is 3.56. The lowest BCUT2D eigenvalue weighted by atomic mass is 9.89. The number of aromatic nitrogens is 2. The van der Waals surface area contributed by atoms with Gasteiger partial charge in [0.1, 0.15) is 5.82 Å². The summed E-state index contributed by atoms with van der Waals surface area (Å²) in [5.74, 6) is 1.67. The van der Waals surface area contributed by atoms with Crippen molar-refractivity contribution >= 4 is 24.8 Å². The van der Waals surface area contributed by atoms with Crippen LogP contribution in [0.15, 0.2) is 66.9 Å². The number of nitrogens with one attached hydrogen (secondary N) is 1. The molecule has 3 nitrogen and oxygen atoms in total. The predicted molar refractivity (Wildman–Crippen MR) is 112 cm³/mol. The van der Waals surface area contributed by atoms with Crippen molar-refractivity contribution in [3.05, 3.63) is 78.1 Å². The molecule has 26 heavy (non-hydrogen) atoms. The maximum Gasteiger partial charge on any atom is 0.137 e. The SMILES string of the molecule is Cl.Cl.c1ccc(-c2nc(CN3CCC(c4ccccc4)CC3)c[nH]2)cc1. The first-order valence-electron chi connectivity index (χ1n) is 8.75. The van der Waals surface area contributed by atoms with E-state index in [0.717, 1.165) is 36.7 Å². The number of likely N-dealkylation sites (tertiary alicyclic amines) is 1. The number of halogens is 2. The van der Waals surface area contributed by atoms with Crippen LogP contribution in [0.3, 0.4) is 0 Å². The maximum atomic E-state index is 4.75. The Hall–Kier alpha value is -1.81. The van der Waals surface area contributed by atoms with Gasteiger partial charge >= 0.3 is 0 Å². The number of rotatable bonds is 4. The third kappa shape index (κ3) is 4.88. The summed E-state index contributed by atoms with van der Waals surface area (Å²) < 4.78 is 0. The minimum atomic E-state index is 0. The normalized spacial score (nSPS) is 15.1. The van der Waals surface area contributed by atoms with E-state index >= 15 is 0 Å². The molecular formula is C21H25Cl2N3. The van der Waals surface area contributed by atoms with Crippen LogP contribution in [-0.4, -0.2) is 28.0 Å². The summed E-state index contributed by atoms with van der Waals surface area (Å²) in [5.41, 5.74) is 3.77. The largest absolute Gasteiger partial charge is 0.344 e. The van der Waals surface area contributed by atoms with Gasteiger partial charge in [0.15, 0.2) is 0 Å². The molecule has 4 rings (SSSR count). The first kappa shape index (κ1) is 20.5. The van der Waals surface area contributed by atoms with Crippen molar-refractivity contribution in [3.8, 4) is 11.4 Å². The van der Waals surface area contributed by atoms with E-state index in [1.807, 2.05) is 24.4 Å². The molecule has 0 bridgehead atoms. The Balaban J connectivity index is 0.00000121. The fraction of sp³-hybridized carbons (Fsp3) is 0.286. The molecule has 1 saturated heterocycles. The van der Waals surface area contributed by atoms with Crippen molar-refractivity contribution in [2.45, 2.75) is 25.3 Å². The van der Waals surface area contributed by atoms with Gasteiger partial charge in [-0.3, -0.25) is 4.90 Å². The smallest absolute Gasteiger partial charge is 0.137 e. The van der Waals surface area contributed by atoms with Gasteiger partial charge in [0.25, 0.3) is 0 Å². The molecule has 1 fully saturated rings. The van der Waals surface area contributed by atoms with Crippen LogP contribution in [0.25, 0.3) is 11.4 Å². The summed E-state index contributed by atoms with van der Waals surface area (Å²) in [6.45, 7) is 3.23. The van der Waals surface area contributed by atoms with Crippen LogP contribution in [-0.2, 0) is 6.54 Å². The standard InChI is InChI=1S/C21H23N3.2ClH/c1-3-7-17(8-4-1)18-11-13-24(14-12-18)16-20-15-22-21(23-20)19-9-5-2-6-10-19;;/h1-10,15,18H,11-14,16H2,(H,22,23);2*1H. The average molecular weight is 390 g/mol. The van der Waals surface area contributed by atoms with Gasteiger partial charge in [-0.15, -0.1) is 24.8 Å². The number of hydrogen-bond acceptors (Lipinski definition) is 2. The Kier molecular flexibility index (Phi) is 7.70. The van der Waals surface area contributed by atoms with E-state index in [2.05, 4.69) is 52.3 Å². The minimum absolute atomic E-state index is 0. The van der Waals surface area contributed by atoms with E-state index in [1.165, 1.54) is 18.4 Å². The molecule has 1 N–H and O–H groups in total. The second-order valence-corrected chi connectivity index (χ2v) is 6.57. The summed E-state index contributed by atoms with van der Waals surface area (Å²) in [6.07, 6.45) is 4.52. The Morgan fingerprint density at radius 1 is 0.885 bits per heavy atom. The molecule has 5 heteroatoms. The summed E-state index contributed by atoms with van der Waals surface area (Å²) in [7, 11) is 0. The molecule has 1 aromatic heterocycles. The molecule has 1 aliphatic heterocycles. The number of benzene rings is 2. The van der Waals surface area contributed by atoms with E-state index in [1.54, 1.807) is 0 Å². The number of aromatic amines is 1. The van der Waals surface area contributed by atoms with Crippen LogP contribution in [0.4, 0.5) is 0 Å². The maximum absolute atomic E-state index is 4.75. The van der Waals surface area contributed by atoms with Gasteiger partial charge in [-0.1, -0.05) is 60.7 Å². The van der Waals surface area contributed by atoms with Crippen molar-refractivity contribution in [2.24, 2.45) is 0 Å². The zero-order valence-electron chi connectivity index (χ0n) is 14.7. The third-order valence-electron chi connectivity index (χ3n) is 4.92. The number of nitrogens with zero attached hydrogens (tertiary/aromatic N) is 2. The Bertz CT molecular complexity index is 766. The topological polar surface area (TPSA) is 31.9 Å². The Morgan fingerprint density at radius 2 is 1.50 bits per heavy atom. The van der Waals surface area contributed by atoms with Crippen molar-refractivity contribution in [1.82, 2.24) is 14.9 Å². The minimum Gasteiger partial charge on any atom is -0.344 e. The van der Waals surface area contributed by atoms with Crippen LogP contribution in [0, 0.1) is 0 Å². The molecular weight excluding hydrogens is 365 g/mol. The van der Waals surface area contributed by atoms with Crippen molar-refractivity contribution in [3.63, 3.8) is 0 Å². The zero-order valence-corrected chi connectivity index (χ0v) is 16.3. The number of piperidine rings is 1. The highest BCUT2D eigenvalue weighted by Gasteiger charge is 2.21. The lowest BCUT2D eigenvalue weighted by Gasteiger charge is -2.31. The summed E-state index contributed by atoms with van der Waals surface area (Å²) in [6, 6.07) is 21.2. The second kappa shape index (κ2) is 9.77. The van der Waals surface area contributed by atoms with E-state index < -0.39 is 0 Å². The molecule has 0 unspecified atom stereocenters. The van der Waals surface area contributed by atoms with E-state index in [0.29, 0.717) is 5.92 Å². The zero-order chi connectivity index (χ0) is 16.2. The summed E-state index contributed by atoms with van der Waals surface area (Å²) in [4.78, 5) is 10.6. The summed E-state index contributed by atoms with van der Waals surface area (Å²) >= 11 is 0. The van der Waals surface area contributed by atoms with Gasteiger partial charge < -0.3 is 4.98 Å². The van der Waals surface area contributed by atoms with Crippen molar-refractivity contribution < 1.29 is 0 Å². The quantitative estimate of drug-likeness (QED) is 0.656. The van der Waals surface area contributed by atoms with Crippen LogP contribution >= 0.6 is 24.8 Å². The van der Waals surface area contributed by atoms with Gasteiger partial charge in [0.05, 0.1) is 5.69 Å². The lowest BCUT2D eigenvalue weighted by molar-refractivity contribution is 0.203. The molecule has 0 saturated carbocycles. The van der Waals surface area contributed by atoms with Crippen LogP contribution in [0.5, 0.6) is 0 Å². The van der Waals surface area contributed by atoms with Crippen molar-refractivity contribution in [1.29, 1.82) is 0 Å². The predicted octanol–water partition coefficient (Wildman–Crippen LogP) is 5.30. The highest BCUT2D eigenvalue weighted by molar-refractivity contribution is 5.85. The van der Waals surface area contributed by atoms with Gasteiger partial charge in [0.2, 0.25) is 0 Å². The van der Waals surface area contributed by atoms with Crippen LogP contribution in [0.1, 0.15) is 30.0 Å². The summed E-state index contributed by atoms with van der Waals surface area (Å²) in [5, 5.41) is 0. The van der Waals surface area contributed by atoms with Crippen LogP contribution < -0.4 is 0 Å². The van der Waals surface area contributed by atoms with E-state index in [-0.39, 0.29) is 24.8 Å². The molecule has 0 spiro atoms. The highest BCUT2D eigenvalue weighted by Crippen LogP contribution is 2.28. The lowest BCUT2D eigenvalue weighted by Crippen LogP contribution is -2.32. The molecule has 2 aromatic carbocycles. The third-order valence-corrected chi connectivity index (χ3v) is 4.92. The molecule has 0 atom stereocenters. The van der Waals surface area contributed by atoms with Gasteiger partial charge in [0, 0.05) is 18.3 Å². The van der Waals surface area contributed by atoms with Gasteiger partial charge in [-0.2, -0.15) is 0 Å². The van der Waals surface area contributed by atoms with Crippen LogP contribution in [0.2, 0.25) is 0 Å². The molecule has 138 valence electrons. The monoisotopic (exact) mass is 389 g/mol. The number of hydrogen-bond donors (Lipinski definition) is 1. The first-order valence-corrected chi connectivity index (χ1v) is 8.75. The van der Waals surface area contributed by atoms with Gasteiger partial charge in [-0.25, -0.2) is 4.98 Å².